The number of halogens is 1. The molecule has 1 aromatic carbocycles. The number of nitrogens with one attached hydrogen (secondary N) is 2. The van der Waals surface area contributed by atoms with E-state index in [0.29, 0.717) is 28.4 Å². The van der Waals surface area contributed by atoms with Crippen molar-refractivity contribution >= 4 is 34.6 Å². The number of H-pyrrole nitrogens is 1. The second kappa shape index (κ2) is 7.71. The minimum absolute atomic E-state index is 0.247. The summed E-state index contributed by atoms with van der Waals surface area (Å²) in [6.07, 6.45) is 2.20. The third kappa shape index (κ3) is 3.94. The van der Waals surface area contributed by atoms with E-state index in [0.717, 1.165) is 11.5 Å². The van der Waals surface area contributed by atoms with Gasteiger partial charge in [0.15, 0.2) is 9.90 Å². The molecule has 3 aromatic rings. The summed E-state index contributed by atoms with van der Waals surface area (Å²) in [6, 6.07) is 4.36. The number of aromatic nitrogens is 4. The predicted octanol–water partition coefficient (Wildman–Crippen LogP) is 3.87. The van der Waals surface area contributed by atoms with E-state index in [2.05, 4.69) is 27.1 Å². The van der Waals surface area contributed by atoms with Crippen molar-refractivity contribution in [3.05, 3.63) is 69.5 Å². The maximum atomic E-state index is 13.6. The number of rotatable bonds is 6. The van der Waals surface area contributed by atoms with Gasteiger partial charge in [-0.25, -0.2) is 9.37 Å². The van der Waals surface area contributed by atoms with Gasteiger partial charge in [0.05, 0.1) is 12.1 Å². The molecule has 0 atom stereocenters. The molecule has 6 nitrogen and oxygen atoms in total. The second-order valence-electron chi connectivity index (χ2n) is 5.58. The van der Waals surface area contributed by atoms with Crippen molar-refractivity contribution < 1.29 is 9.18 Å². The van der Waals surface area contributed by atoms with Crippen molar-refractivity contribution in [2.45, 2.75) is 19.9 Å². The summed E-state index contributed by atoms with van der Waals surface area (Å²) in [4.78, 5) is 16.6. The highest BCUT2D eigenvalue weighted by atomic mass is 32.1. The third-order valence-electron chi connectivity index (χ3n) is 3.69. The van der Waals surface area contributed by atoms with Crippen molar-refractivity contribution in [2.75, 3.05) is 5.32 Å². The lowest BCUT2D eigenvalue weighted by Crippen LogP contribution is -2.12. The molecule has 0 radical (unpaired) electrons. The summed E-state index contributed by atoms with van der Waals surface area (Å²) >= 11 is 6.48. The molecule has 0 fully saturated rings. The highest BCUT2D eigenvalue weighted by Gasteiger charge is 2.13. The average Bonchev–Trinajstić information content (AvgIpc) is 3.19. The van der Waals surface area contributed by atoms with E-state index in [9.17, 15) is 9.18 Å². The van der Waals surface area contributed by atoms with Crippen LogP contribution in [0.2, 0.25) is 0 Å². The SMILES string of the molecule is C=CCn1c(Cc2csc(NC(=O)c3ccc(C)c(F)c3)n2)n[nH]c1=S. The third-order valence-corrected chi connectivity index (χ3v) is 4.81. The Labute approximate surface area is 158 Å². The quantitative estimate of drug-likeness (QED) is 0.496. The standard InChI is InChI=1S/C17H16FN5OS2/c1-3-6-23-14(21-22-17(23)25)8-12-9-26-16(19-12)20-15(24)11-5-4-10(2)13(18)7-11/h3-5,7,9H,1,6,8H2,2H3,(H,22,25)(H,19,20,24). The molecule has 0 unspecified atom stereocenters. The number of benzene rings is 1. The molecule has 1 amide bonds. The lowest BCUT2D eigenvalue weighted by molar-refractivity contribution is 0.102. The summed E-state index contributed by atoms with van der Waals surface area (Å²) in [7, 11) is 0. The molecule has 26 heavy (non-hydrogen) atoms. The number of aryl methyl sites for hydroxylation is 1. The van der Waals surface area contributed by atoms with E-state index in [-0.39, 0.29) is 5.56 Å². The van der Waals surface area contributed by atoms with Crippen LogP contribution in [-0.4, -0.2) is 25.7 Å². The predicted molar refractivity (Wildman–Crippen MR) is 102 cm³/mol. The zero-order valence-corrected chi connectivity index (χ0v) is 15.6. The maximum Gasteiger partial charge on any atom is 0.257 e. The zero-order valence-electron chi connectivity index (χ0n) is 14.0. The number of carbonyl (C=O) groups excluding carboxylic acids is 1. The van der Waals surface area contributed by atoms with Gasteiger partial charge in [-0.3, -0.25) is 19.8 Å². The first-order valence-electron chi connectivity index (χ1n) is 7.75. The minimum atomic E-state index is -0.414. The molecule has 2 heterocycles. The van der Waals surface area contributed by atoms with Crippen LogP contribution in [0.4, 0.5) is 9.52 Å². The molecule has 134 valence electrons. The van der Waals surface area contributed by atoms with E-state index in [1.807, 2.05) is 9.95 Å². The molecule has 0 aliphatic heterocycles. The zero-order chi connectivity index (χ0) is 18.7. The maximum absolute atomic E-state index is 13.6. The number of nitrogens with zero attached hydrogens (tertiary/aromatic N) is 3. The van der Waals surface area contributed by atoms with Gasteiger partial charge in [0.2, 0.25) is 0 Å². The van der Waals surface area contributed by atoms with E-state index in [1.54, 1.807) is 25.1 Å². The van der Waals surface area contributed by atoms with Crippen LogP contribution in [0.1, 0.15) is 27.4 Å². The van der Waals surface area contributed by atoms with E-state index < -0.39 is 11.7 Å². The first-order valence-corrected chi connectivity index (χ1v) is 9.03. The van der Waals surface area contributed by atoms with Gasteiger partial charge in [-0.2, -0.15) is 5.10 Å². The Morgan fingerprint density at radius 1 is 1.54 bits per heavy atom. The van der Waals surface area contributed by atoms with Gasteiger partial charge in [-0.05, 0) is 36.8 Å². The van der Waals surface area contributed by atoms with Crippen molar-refractivity contribution in [2.24, 2.45) is 0 Å². The normalized spacial score (nSPS) is 10.7. The van der Waals surface area contributed by atoms with Gasteiger partial charge < -0.3 is 0 Å². The molecule has 0 aliphatic carbocycles. The van der Waals surface area contributed by atoms with Gasteiger partial charge in [-0.1, -0.05) is 12.1 Å². The fourth-order valence-corrected chi connectivity index (χ4v) is 3.24. The average molecular weight is 389 g/mol. The molecule has 2 N–H and O–H groups in total. The van der Waals surface area contributed by atoms with Crippen molar-refractivity contribution in [3.63, 3.8) is 0 Å². The number of anilines is 1. The number of allylic oxidation sites excluding steroid dienone is 1. The summed E-state index contributed by atoms with van der Waals surface area (Å²) in [5, 5.41) is 11.9. The summed E-state index contributed by atoms with van der Waals surface area (Å²) in [5.41, 5.74) is 1.49. The van der Waals surface area contributed by atoms with Crippen LogP contribution < -0.4 is 5.32 Å². The van der Waals surface area contributed by atoms with E-state index in [4.69, 9.17) is 12.2 Å². The summed E-state index contributed by atoms with van der Waals surface area (Å²) in [5.74, 6) is -0.0830. The highest BCUT2D eigenvalue weighted by molar-refractivity contribution is 7.71. The molecule has 9 heteroatoms. The van der Waals surface area contributed by atoms with Crippen LogP contribution in [0.25, 0.3) is 0 Å². The largest absolute Gasteiger partial charge is 0.300 e. The van der Waals surface area contributed by atoms with Gasteiger partial charge >= 0.3 is 0 Å². The van der Waals surface area contributed by atoms with Gasteiger partial charge in [0, 0.05) is 17.5 Å². The van der Waals surface area contributed by atoms with E-state index in [1.165, 1.54) is 17.4 Å². The number of amides is 1. The van der Waals surface area contributed by atoms with Gasteiger partial charge in [-0.15, -0.1) is 17.9 Å². The van der Waals surface area contributed by atoms with E-state index >= 15 is 0 Å². The van der Waals surface area contributed by atoms with Crippen molar-refractivity contribution in [1.82, 2.24) is 19.7 Å². The van der Waals surface area contributed by atoms with Crippen LogP contribution in [0.3, 0.4) is 0 Å². The Morgan fingerprint density at radius 3 is 3.08 bits per heavy atom. The number of carbonyl (C=O) groups is 1. The Kier molecular flexibility index (Phi) is 5.38. The van der Waals surface area contributed by atoms with Crippen LogP contribution in [0.5, 0.6) is 0 Å². The van der Waals surface area contributed by atoms with Gasteiger partial charge in [0.25, 0.3) is 5.91 Å². The smallest absolute Gasteiger partial charge is 0.257 e. The molecular formula is C17H16FN5OS2. The second-order valence-corrected chi connectivity index (χ2v) is 6.83. The molecule has 2 aromatic heterocycles. The van der Waals surface area contributed by atoms with Gasteiger partial charge in [0.1, 0.15) is 11.6 Å². The molecule has 0 saturated carbocycles. The number of thiazole rings is 1. The first kappa shape index (κ1) is 18.2. The number of hydrogen-bond donors (Lipinski definition) is 2. The lowest BCUT2D eigenvalue weighted by atomic mass is 10.1. The molecular weight excluding hydrogens is 373 g/mol. The van der Waals surface area contributed by atoms with Crippen molar-refractivity contribution in [1.29, 1.82) is 0 Å². The Hall–Kier alpha value is -2.65. The van der Waals surface area contributed by atoms with Crippen LogP contribution >= 0.6 is 23.6 Å². The molecule has 3 rings (SSSR count). The van der Waals surface area contributed by atoms with Crippen LogP contribution in [0, 0.1) is 17.5 Å². The first-order chi connectivity index (χ1) is 12.5. The Balaban J connectivity index is 1.72. The number of hydrogen-bond acceptors (Lipinski definition) is 5. The lowest BCUT2D eigenvalue weighted by Gasteiger charge is -2.03. The summed E-state index contributed by atoms with van der Waals surface area (Å²) < 4.78 is 16.0. The molecule has 0 saturated heterocycles. The molecule has 0 aliphatic rings. The Bertz CT molecular complexity index is 1020. The van der Waals surface area contributed by atoms with Crippen molar-refractivity contribution in [3.8, 4) is 0 Å². The monoisotopic (exact) mass is 389 g/mol. The molecule has 0 spiro atoms. The highest BCUT2D eigenvalue weighted by Crippen LogP contribution is 2.19. The van der Waals surface area contributed by atoms with Crippen LogP contribution in [-0.2, 0) is 13.0 Å². The Morgan fingerprint density at radius 2 is 2.35 bits per heavy atom. The topological polar surface area (TPSA) is 75.6 Å². The fourth-order valence-electron chi connectivity index (χ4n) is 2.31. The minimum Gasteiger partial charge on any atom is -0.300 e. The molecule has 0 bridgehead atoms. The number of aromatic amines is 1. The summed E-state index contributed by atoms with van der Waals surface area (Å²) in [6.45, 7) is 5.90. The fraction of sp³-hybridized carbons (Fsp3) is 0.176. The van der Waals surface area contributed by atoms with Crippen LogP contribution in [0.15, 0.2) is 36.2 Å².